The number of rotatable bonds is 8. The van der Waals surface area contributed by atoms with Gasteiger partial charge in [0.25, 0.3) is 17.4 Å². The zero-order chi connectivity index (χ0) is 18.5. The van der Waals surface area contributed by atoms with Gasteiger partial charge in [0.1, 0.15) is 4.88 Å². The highest BCUT2D eigenvalue weighted by Crippen LogP contribution is 2.29. The van der Waals surface area contributed by atoms with Gasteiger partial charge >= 0.3 is 0 Å². The van der Waals surface area contributed by atoms with E-state index in [4.69, 9.17) is 9.47 Å². The highest BCUT2D eigenvalue weighted by atomic mass is 32.1. The van der Waals surface area contributed by atoms with Crippen LogP contribution in [-0.2, 0) is 4.74 Å². The summed E-state index contributed by atoms with van der Waals surface area (Å²) in [5.41, 5.74) is 0. The molecule has 1 aromatic heterocycles. The lowest BCUT2D eigenvalue weighted by Gasteiger charge is -2.19. The smallest absolute Gasteiger partial charge is 0.277 e. The molecule has 1 saturated carbocycles. The fourth-order valence-corrected chi connectivity index (χ4v) is 4.31. The monoisotopic (exact) mass is 379 g/mol. The summed E-state index contributed by atoms with van der Waals surface area (Å²) in [7, 11) is 0. The molecule has 1 unspecified atom stereocenters. The zero-order valence-electron chi connectivity index (χ0n) is 15.7. The Kier molecular flexibility index (Phi) is 6.40. The summed E-state index contributed by atoms with van der Waals surface area (Å²) in [6, 6.07) is 0.304. The van der Waals surface area contributed by atoms with Gasteiger partial charge in [-0.25, -0.2) is 4.98 Å². The molecule has 1 N–H and O–H groups in total. The fourth-order valence-electron chi connectivity index (χ4n) is 3.59. The second kappa shape index (κ2) is 8.75. The van der Waals surface area contributed by atoms with E-state index in [-0.39, 0.29) is 5.91 Å². The Morgan fingerprint density at radius 2 is 2.27 bits per heavy atom. The van der Waals surface area contributed by atoms with E-state index in [0.29, 0.717) is 28.5 Å². The maximum atomic E-state index is 12.2. The van der Waals surface area contributed by atoms with Crippen LogP contribution >= 0.6 is 11.3 Å². The van der Waals surface area contributed by atoms with Crippen LogP contribution in [0.25, 0.3) is 0 Å². The van der Waals surface area contributed by atoms with Crippen LogP contribution in [-0.4, -0.2) is 41.2 Å². The van der Waals surface area contributed by atoms with Crippen LogP contribution in [0.2, 0.25) is 0 Å². The normalized spacial score (nSPS) is 20.7. The molecule has 1 aromatic rings. The predicted molar refractivity (Wildman–Crippen MR) is 102 cm³/mol. The Hall–Kier alpha value is -1.76. The van der Waals surface area contributed by atoms with Crippen LogP contribution in [0, 0.1) is 5.92 Å². The lowest BCUT2D eigenvalue weighted by atomic mass is 10.0. The number of carbonyl (C=O) groups excluding carboxylic acids is 1. The maximum Gasteiger partial charge on any atom is 0.277 e. The fraction of sp³-hybridized carbons (Fsp3) is 0.684. The van der Waals surface area contributed by atoms with Gasteiger partial charge in [-0.3, -0.25) is 4.79 Å². The summed E-state index contributed by atoms with van der Waals surface area (Å²) in [4.78, 5) is 19.0. The summed E-state index contributed by atoms with van der Waals surface area (Å²) in [5, 5.41) is 3.43. The molecule has 0 spiro atoms. The standard InChI is InChI=1S/C19H29N3O3S/c1-13(2)22-12-17(24-14(22)3)25-19-21-11-16(26-19)18(23)20-10-6-9-15-7-4-5-8-15/h11,13,15,17H,3-10,12H2,1-2H3,(H,20,23). The van der Waals surface area contributed by atoms with Crippen molar-refractivity contribution < 1.29 is 14.3 Å². The lowest BCUT2D eigenvalue weighted by Crippen LogP contribution is -2.29. The Morgan fingerprint density at radius 1 is 1.50 bits per heavy atom. The summed E-state index contributed by atoms with van der Waals surface area (Å²) in [6.45, 7) is 9.38. The molecule has 2 aliphatic rings. The Balaban J connectivity index is 1.41. The number of carbonyl (C=O) groups is 1. The SMILES string of the molecule is C=C1OC(Oc2ncc(C(=O)NCCCC3CCCC3)s2)CN1C(C)C. The van der Waals surface area contributed by atoms with E-state index in [1.807, 2.05) is 4.90 Å². The first kappa shape index (κ1) is 19.0. The average molecular weight is 380 g/mol. The van der Waals surface area contributed by atoms with Crippen molar-refractivity contribution in [3.63, 3.8) is 0 Å². The number of ether oxygens (including phenoxy) is 2. The molecular weight excluding hydrogens is 350 g/mol. The molecule has 1 saturated heterocycles. The van der Waals surface area contributed by atoms with E-state index in [1.54, 1.807) is 6.20 Å². The van der Waals surface area contributed by atoms with Gasteiger partial charge in [0, 0.05) is 12.6 Å². The van der Waals surface area contributed by atoms with Crippen molar-refractivity contribution in [3.8, 4) is 5.19 Å². The van der Waals surface area contributed by atoms with Crippen molar-refractivity contribution in [1.82, 2.24) is 15.2 Å². The second-order valence-corrected chi connectivity index (χ2v) is 8.34. The van der Waals surface area contributed by atoms with Crippen LogP contribution in [0.3, 0.4) is 0 Å². The number of nitrogens with zero attached hydrogens (tertiary/aromatic N) is 2. The highest BCUT2D eigenvalue weighted by Gasteiger charge is 2.30. The molecule has 1 amide bonds. The van der Waals surface area contributed by atoms with E-state index < -0.39 is 6.29 Å². The van der Waals surface area contributed by atoms with Gasteiger partial charge < -0.3 is 19.7 Å². The van der Waals surface area contributed by atoms with Gasteiger partial charge in [0.05, 0.1) is 12.7 Å². The third-order valence-electron chi connectivity index (χ3n) is 5.05. The van der Waals surface area contributed by atoms with Crippen molar-refractivity contribution in [2.45, 2.75) is 64.7 Å². The highest BCUT2D eigenvalue weighted by molar-refractivity contribution is 7.15. The third kappa shape index (κ3) is 4.90. The molecule has 7 heteroatoms. The number of nitrogens with one attached hydrogen (secondary N) is 1. The molecular formula is C19H29N3O3S. The topological polar surface area (TPSA) is 63.7 Å². The average Bonchev–Trinajstić information content (AvgIpc) is 3.33. The molecule has 26 heavy (non-hydrogen) atoms. The van der Waals surface area contributed by atoms with Crippen molar-refractivity contribution in [3.05, 3.63) is 23.5 Å². The lowest BCUT2D eigenvalue weighted by molar-refractivity contribution is -0.00478. The van der Waals surface area contributed by atoms with Crippen molar-refractivity contribution in [2.24, 2.45) is 5.92 Å². The van der Waals surface area contributed by atoms with E-state index in [2.05, 4.69) is 30.7 Å². The minimum Gasteiger partial charge on any atom is -0.438 e. The van der Waals surface area contributed by atoms with Gasteiger partial charge in [-0.05, 0) is 39.2 Å². The van der Waals surface area contributed by atoms with Crippen LogP contribution in [0.4, 0.5) is 0 Å². The number of hydrogen-bond donors (Lipinski definition) is 1. The molecule has 2 fully saturated rings. The number of thiazole rings is 1. The van der Waals surface area contributed by atoms with Crippen molar-refractivity contribution in [1.29, 1.82) is 0 Å². The van der Waals surface area contributed by atoms with E-state index >= 15 is 0 Å². The summed E-state index contributed by atoms with van der Waals surface area (Å²) in [5.74, 6) is 1.40. The molecule has 3 rings (SSSR count). The first-order chi connectivity index (χ1) is 12.5. The Morgan fingerprint density at radius 3 is 2.96 bits per heavy atom. The first-order valence-corrected chi connectivity index (χ1v) is 10.4. The van der Waals surface area contributed by atoms with Crippen LogP contribution in [0.5, 0.6) is 5.19 Å². The largest absolute Gasteiger partial charge is 0.438 e. The van der Waals surface area contributed by atoms with Gasteiger partial charge in [0.2, 0.25) is 0 Å². The quantitative estimate of drug-likeness (QED) is 0.697. The molecule has 0 bridgehead atoms. The molecule has 1 aliphatic heterocycles. The minimum atomic E-state index is -0.432. The summed E-state index contributed by atoms with van der Waals surface area (Å²) < 4.78 is 11.4. The molecule has 6 nitrogen and oxygen atoms in total. The molecule has 0 radical (unpaired) electrons. The van der Waals surface area contributed by atoms with Gasteiger partial charge in [0.15, 0.2) is 5.88 Å². The van der Waals surface area contributed by atoms with Crippen LogP contribution in [0.15, 0.2) is 18.7 Å². The van der Waals surface area contributed by atoms with Crippen LogP contribution < -0.4 is 10.1 Å². The zero-order valence-corrected chi connectivity index (χ0v) is 16.5. The number of amides is 1. The summed E-state index contributed by atoms with van der Waals surface area (Å²) >= 11 is 1.25. The van der Waals surface area contributed by atoms with Crippen molar-refractivity contribution >= 4 is 17.2 Å². The van der Waals surface area contributed by atoms with Gasteiger partial charge in [-0.2, -0.15) is 0 Å². The molecule has 0 aromatic carbocycles. The van der Waals surface area contributed by atoms with E-state index in [9.17, 15) is 4.79 Å². The van der Waals surface area contributed by atoms with Crippen molar-refractivity contribution in [2.75, 3.05) is 13.1 Å². The second-order valence-electron chi connectivity index (χ2n) is 7.34. The molecule has 144 valence electrons. The van der Waals surface area contributed by atoms with Gasteiger partial charge in [-0.15, -0.1) is 0 Å². The maximum absolute atomic E-state index is 12.2. The Bertz CT molecular complexity index is 625. The van der Waals surface area contributed by atoms with E-state index in [0.717, 1.165) is 18.9 Å². The number of hydrogen-bond acceptors (Lipinski definition) is 6. The minimum absolute atomic E-state index is 0.0793. The predicted octanol–water partition coefficient (Wildman–Crippen LogP) is 3.76. The third-order valence-corrected chi connectivity index (χ3v) is 5.93. The molecule has 2 heterocycles. The first-order valence-electron chi connectivity index (χ1n) is 9.56. The van der Waals surface area contributed by atoms with Gasteiger partial charge in [-0.1, -0.05) is 37.0 Å². The number of aromatic nitrogens is 1. The van der Waals surface area contributed by atoms with Crippen LogP contribution in [0.1, 0.15) is 62.0 Å². The summed E-state index contributed by atoms with van der Waals surface area (Å²) in [6.07, 6.45) is 8.84. The Labute approximate surface area is 159 Å². The van der Waals surface area contributed by atoms with E-state index in [1.165, 1.54) is 43.4 Å². The molecule has 1 aliphatic carbocycles. The molecule has 1 atom stereocenters.